The number of hydrogen-bond acceptors (Lipinski definition) is 2. The molecule has 3 heteroatoms. The molecular formula is C16H29N3. The second-order valence-corrected chi connectivity index (χ2v) is 6.99. The molecule has 0 amide bonds. The zero-order valence-electron chi connectivity index (χ0n) is 12.9. The van der Waals surface area contributed by atoms with Gasteiger partial charge in [-0.05, 0) is 39.5 Å². The molecule has 1 fully saturated rings. The first-order valence-electron chi connectivity index (χ1n) is 7.75. The highest BCUT2D eigenvalue weighted by atomic mass is 15.1. The van der Waals surface area contributed by atoms with Crippen molar-refractivity contribution < 1.29 is 0 Å². The normalized spacial score (nSPS) is 24.6. The topological polar surface area (TPSA) is 29.9 Å². The molecule has 0 spiro atoms. The smallest absolute Gasteiger partial charge is 0.0951 e. The lowest BCUT2D eigenvalue weighted by Gasteiger charge is -2.31. The first-order chi connectivity index (χ1) is 8.99. The van der Waals surface area contributed by atoms with E-state index in [-0.39, 0.29) is 5.54 Å². The van der Waals surface area contributed by atoms with E-state index in [4.69, 9.17) is 0 Å². The minimum atomic E-state index is 0.160. The Morgan fingerprint density at radius 3 is 2.84 bits per heavy atom. The minimum absolute atomic E-state index is 0.160. The van der Waals surface area contributed by atoms with E-state index in [1.807, 2.05) is 12.5 Å². The standard InChI is InChI=1S/C16H29N3/c1-5-13-7-6-8-14(9-13)19-12-17-10-15(19)11-18-16(2,3)4/h10,12-14,18H,5-9,11H2,1-4H3. The molecule has 3 nitrogen and oxygen atoms in total. The molecule has 0 aliphatic heterocycles. The summed E-state index contributed by atoms with van der Waals surface area (Å²) in [5.41, 5.74) is 1.49. The number of nitrogens with one attached hydrogen (secondary N) is 1. The van der Waals surface area contributed by atoms with Crippen LogP contribution in [0.5, 0.6) is 0 Å². The molecule has 2 atom stereocenters. The number of aromatic nitrogens is 2. The molecule has 2 unspecified atom stereocenters. The Bertz CT molecular complexity index is 389. The Balaban J connectivity index is 2.02. The van der Waals surface area contributed by atoms with E-state index in [0.717, 1.165) is 12.5 Å². The van der Waals surface area contributed by atoms with E-state index < -0.39 is 0 Å². The quantitative estimate of drug-likeness (QED) is 0.892. The average molecular weight is 263 g/mol. The van der Waals surface area contributed by atoms with Crippen molar-refractivity contribution >= 4 is 0 Å². The Morgan fingerprint density at radius 1 is 1.37 bits per heavy atom. The molecule has 108 valence electrons. The van der Waals surface area contributed by atoms with Crippen molar-refractivity contribution in [2.24, 2.45) is 5.92 Å². The number of rotatable bonds is 4. The van der Waals surface area contributed by atoms with Crippen LogP contribution >= 0.6 is 0 Å². The van der Waals surface area contributed by atoms with Gasteiger partial charge in [-0.3, -0.25) is 0 Å². The average Bonchev–Trinajstić information content (AvgIpc) is 2.84. The van der Waals surface area contributed by atoms with E-state index >= 15 is 0 Å². The van der Waals surface area contributed by atoms with Gasteiger partial charge in [0.05, 0.1) is 12.0 Å². The van der Waals surface area contributed by atoms with Gasteiger partial charge in [0.25, 0.3) is 0 Å². The summed E-state index contributed by atoms with van der Waals surface area (Å²) in [6.45, 7) is 9.87. The van der Waals surface area contributed by atoms with Crippen molar-refractivity contribution in [3.63, 3.8) is 0 Å². The molecule has 1 aliphatic carbocycles. The van der Waals surface area contributed by atoms with Gasteiger partial charge in [-0.1, -0.05) is 26.2 Å². The molecule has 1 saturated carbocycles. The maximum atomic E-state index is 4.37. The summed E-state index contributed by atoms with van der Waals surface area (Å²) < 4.78 is 2.42. The summed E-state index contributed by atoms with van der Waals surface area (Å²) in [4.78, 5) is 4.37. The van der Waals surface area contributed by atoms with Crippen LogP contribution < -0.4 is 5.32 Å². The first-order valence-corrected chi connectivity index (χ1v) is 7.75. The van der Waals surface area contributed by atoms with Gasteiger partial charge < -0.3 is 9.88 Å². The molecule has 1 aromatic rings. The highest BCUT2D eigenvalue weighted by molar-refractivity contribution is 5.02. The van der Waals surface area contributed by atoms with Crippen LogP contribution in [0.4, 0.5) is 0 Å². The molecule has 0 bridgehead atoms. The van der Waals surface area contributed by atoms with E-state index in [9.17, 15) is 0 Å². The van der Waals surface area contributed by atoms with Crippen LogP contribution in [-0.4, -0.2) is 15.1 Å². The predicted octanol–water partition coefficient (Wildman–Crippen LogP) is 3.91. The molecule has 0 saturated heterocycles. The molecular weight excluding hydrogens is 234 g/mol. The molecule has 19 heavy (non-hydrogen) atoms. The first kappa shape index (κ1) is 14.6. The molecule has 1 aliphatic rings. The van der Waals surface area contributed by atoms with Gasteiger partial charge in [0.2, 0.25) is 0 Å². The third-order valence-electron chi connectivity index (χ3n) is 4.27. The van der Waals surface area contributed by atoms with E-state index in [1.165, 1.54) is 37.8 Å². The van der Waals surface area contributed by atoms with Crippen molar-refractivity contribution in [3.8, 4) is 0 Å². The second-order valence-electron chi connectivity index (χ2n) is 6.99. The van der Waals surface area contributed by atoms with Crippen LogP contribution in [0.25, 0.3) is 0 Å². The maximum Gasteiger partial charge on any atom is 0.0951 e. The predicted molar refractivity (Wildman–Crippen MR) is 80.1 cm³/mol. The fourth-order valence-electron chi connectivity index (χ4n) is 3.04. The van der Waals surface area contributed by atoms with Crippen LogP contribution in [-0.2, 0) is 6.54 Å². The molecule has 1 heterocycles. The molecule has 0 aromatic carbocycles. The van der Waals surface area contributed by atoms with Gasteiger partial charge in [0.1, 0.15) is 0 Å². The van der Waals surface area contributed by atoms with Crippen molar-refractivity contribution in [1.29, 1.82) is 0 Å². The molecule has 2 rings (SSSR count). The highest BCUT2D eigenvalue weighted by Gasteiger charge is 2.23. The highest BCUT2D eigenvalue weighted by Crippen LogP contribution is 2.34. The van der Waals surface area contributed by atoms with Gasteiger partial charge in [-0.15, -0.1) is 0 Å². The summed E-state index contributed by atoms with van der Waals surface area (Å²) in [5.74, 6) is 0.907. The van der Waals surface area contributed by atoms with Gasteiger partial charge in [0, 0.05) is 24.3 Å². The summed E-state index contributed by atoms with van der Waals surface area (Å²) in [6, 6.07) is 0.665. The largest absolute Gasteiger partial charge is 0.330 e. The van der Waals surface area contributed by atoms with Gasteiger partial charge in [-0.25, -0.2) is 4.98 Å². The zero-order chi connectivity index (χ0) is 13.9. The Labute approximate surface area is 117 Å². The van der Waals surface area contributed by atoms with Crippen molar-refractivity contribution in [3.05, 3.63) is 18.2 Å². The third kappa shape index (κ3) is 4.07. The van der Waals surface area contributed by atoms with E-state index in [2.05, 4.69) is 42.6 Å². The zero-order valence-corrected chi connectivity index (χ0v) is 12.9. The van der Waals surface area contributed by atoms with Gasteiger partial charge >= 0.3 is 0 Å². The number of imidazole rings is 1. The monoisotopic (exact) mass is 263 g/mol. The second kappa shape index (κ2) is 6.08. The molecule has 1 aromatic heterocycles. The van der Waals surface area contributed by atoms with Gasteiger partial charge in [0.15, 0.2) is 0 Å². The fraction of sp³-hybridized carbons (Fsp3) is 0.812. The van der Waals surface area contributed by atoms with Crippen molar-refractivity contribution in [2.75, 3.05) is 0 Å². The molecule has 1 N–H and O–H groups in total. The van der Waals surface area contributed by atoms with Crippen molar-refractivity contribution in [1.82, 2.24) is 14.9 Å². The van der Waals surface area contributed by atoms with Crippen molar-refractivity contribution in [2.45, 2.75) is 77.9 Å². The van der Waals surface area contributed by atoms with Crippen LogP contribution in [0, 0.1) is 5.92 Å². The Hall–Kier alpha value is -0.830. The van der Waals surface area contributed by atoms with Gasteiger partial charge in [-0.2, -0.15) is 0 Å². The molecule has 0 radical (unpaired) electrons. The third-order valence-corrected chi connectivity index (χ3v) is 4.27. The SMILES string of the molecule is CCC1CCCC(n2cncc2CNC(C)(C)C)C1. The van der Waals surface area contributed by atoms with E-state index in [0.29, 0.717) is 6.04 Å². The van der Waals surface area contributed by atoms with Crippen LogP contribution in [0.3, 0.4) is 0 Å². The van der Waals surface area contributed by atoms with Crippen LogP contribution in [0.15, 0.2) is 12.5 Å². The van der Waals surface area contributed by atoms with Crippen LogP contribution in [0.2, 0.25) is 0 Å². The lowest BCUT2D eigenvalue weighted by atomic mass is 9.84. The summed E-state index contributed by atoms with van der Waals surface area (Å²) >= 11 is 0. The Kier molecular flexibility index (Phi) is 4.67. The van der Waals surface area contributed by atoms with E-state index in [1.54, 1.807) is 0 Å². The van der Waals surface area contributed by atoms with Crippen LogP contribution in [0.1, 0.15) is 71.5 Å². The minimum Gasteiger partial charge on any atom is -0.330 e. The lowest BCUT2D eigenvalue weighted by Crippen LogP contribution is -2.36. The fourth-order valence-corrected chi connectivity index (χ4v) is 3.04. The Morgan fingerprint density at radius 2 is 2.16 bits per heavy atom. The number of hydrogen-bond donors (Lipinski definition) is 1. The lowest BCUT2D eigenvalue weighted by molar-refractivity contribution is 0.256. The summed E-state index contributed by atoms with van der Waals surface area (Å²) in [6.07, 6.45) is 10.8. The maximum absolute atomic E-state index is 4.37. The summed E-state index contributed by atoms with van der Waals surface area (Å²) in [5, 5.41) is 3.57. The summed E-state index contributed by atoms with van der Waals surface area (Å²) in [7, 11) is 0. The number of nitrogens with zero attached hydrogens (tertiary/aromatic N) is 2.